The third kappa shape index (κ3) is 6.44. The molecule has 0 radical (unpaired) electrons. The van der Waals surface area contributed by atoms with E-state index in [1.54, 1.807) is 0 Å². The first-order valence-electron chi connectivity index (χ1n) is 10.7. The van der Waals surface area contributed by atoms with Gasteiger partial charge in [-0.3, -0.25) is 9.98 Å². The van der Waals surface area contributed by atoms with Crippen molar-refractivity contribution >= 4 is 22.8 Å². The summed E-state index contributed by atoms with van der Waals surface area (Å²) in [5, 5.41) is 0. The van der Waals surface area contributed by atoms with E-state index in [0.717, 1.165) is 61.3 Å². The van der Waals surface area contributed by atoms with Crippen molar-refractivity contribution in [3.8, 4) is 0 Å². The number of nitrogens with zero attached hydrogens (tertiary/aromatic N) is 2. The Balaban J connectivity index is 2.48. The molecule has 0 fully saturated rings. The monoisotopic (exact) mass is 376 g/mol. The van der Waals surface area contributed by atoms with E-state index in [2.05, 4.69) is 77.9 Å². The van der Waals surface area contributed by atoms with E-state index < -0.39 is 0 Å². The SMILES string of the molecule is CCCCC(=Nc1ccc(C)c(C)c1)C(CCCC)=Nc1ccc(C)c(C)c1. The van der Waals surface area contributed by atoms with Crippen LogP contribution in [0.4, 0.5) is 11.4 Å². The van der Waals surface area contributed by atoms with Crippen LogP contribution in [-0.4, -0.2) is 11.4 Å². The Morgan fingerprint density at radius 2 is 1.00 bits per heavy atom. The molecule has 2 aromatic carbocycles. The van der Waals surface area contributed by atoms with Gasteiger partial charge in [-0.25, -0.2) is 0 Å². The highest BCUT2D eigenvalue weighted by Crippen LogP contribution is 2.22. The smallest absolute Gasteiger partial charge is 0.0636 e. The van der Waals surface area contributed by atoms with E-state index in [-0.39, 0.29) is 0 Å². The summed E-state index contributed by atoms with van der Waals surface area (Å²) < 4.78 is 0. The topological polar surface area (TPSA) is 24.7 Å². The third-order valence-corrected chi connectivity index (χ3v) is 5.38. The maximum atomic E-state index is 5.07. The van der Waals surface area contributed by atoms with Gasteiger partial charge in [0.25, 0.3) is 0 Å². The predicted molar refractivity (Wildman–Crippen MR) is 125 cm³/mol. The number of benzene rings is 2. The molecule has 0 N–H and O–H groups in total. The first kappa shape index (κ1) is 22.1. The van der Waals surface area contributed by atoms with Crippen LogP contribution in [0.2, 0.25) is 0 Å². The highest BCUT2D eigenvalue weighted by atomic mass is 14.8. The van der Waals surface area contributed by atoms with Gasteiger partial charge in [0.15, 0.2) is 0 Å². The van der Waals surface area contributed by atoms with Crippen LogP contribution in [-0.2, 0) is 0 Å². The van der Waals surface area contributed by atoms with Gasteiger partial charge in [-0.05, 0) is 99.9 Å². The molecule has 2 nitrogen and oxygen atoms in total. The molecule has 0 aliphatic carbocycles. The van der Waals surface area contributed by atoms with Crippen molar-refractivity contribution in [2.75, 3.05) is 0 Å². The molecule has 28 heavy (non-hydrogen) atoms. The predicted octanol–water partition coefficient (Wildman–Crippen LogP) is 8.15. The average Bonchev–Trinajstić information content (AvgIpc) is 2.68. The first-order valence-corrected chi connectivity index (χ1v) is 10.7. The lowest BCUT2D eigenvalue weighted by molar-refractivity contribution is 0.824. The van der Waals surface area contributed by atoms with Gasteiger partial charge in [0.2, 0.25) is 0 Å². The Bertz CT molecular complexity index is 772. The van der Waals surface area contributed by atoms with E-state index in [9.17, 15) is 0 Å². The van der Waals surface area contributed by atoms with Crippen molar-refractivity contribution in [3.05, 3.63) is 58.7 Å². The Morgan fingerprint density at radius 3 is 1.32 bits per heavy atom. The summed E-state index contributed by atoms with van der Waals surface area (Å²) in [6, 6.07) is 13.0. The molecule has 0 atom stereocenters. The molecule has 0 spiro atoms. The number of rotatable bonds is 9. The minimum absolute atomic E-state index is 0.983. The fraction of sp³-hybridized carbons (Fsp3) is 0.462. The molecule has 0 unspecified atom stereocenters. The van der Waals surface area contributed by atoms with Gasteiger partial charge in [0.05, 0.1) is 22.8 Å². The van der Waals surface area contributed by atoms with Crippen LogP contribution in [0.25, 0.3) is 0 Å². The van der Waals surface area contributed by atoms with Gasteiger partial charge < -0.3 is 0 Å². The number of unbranched alkanes of at least 4 members (excludes halogenated alkanes) is 2. The fourth-order valence-corrected chi connectivity index (χ4v) is 3.12. The zero-order valence-electron chi connectivity index (χ0n) is 18.6. The molecule has 2 rings (SSSR count). The summed E-state index contributed by atoms with van der Waals surface area (Å²) in [7, 11) is 0. The molecule has 0 aliphatic heterocycles. The van der Waals surface area contributed by atoms with Gasteiger partial charge in [0, 0.05) is 0 Å². The lowest BCUT2D eigenvalue weighted by atomic mass is 10.0. The van der Waals surface area contributed by atoms with Gasteiger partial charge in [-0.2, -0.15) is 0 Å². The molecule has 0 heterocycles. The maximum Gasteiger partial charge on any atom is 0.0636 e. The Morgan fingerprint density at radius 1 is 0.607 bits per heavy atom. The Labute approximate surface area is 171 Å². The van der Waals surface area contributed by atoms with Crippen LogP contribution in [0.3, 0.4) is 0 Å². The van der Waals surface area contributed by atoms with Crippen molar-refractivity contribution in [2.45, 2.75) is 80.1 Å². The van der Waals surface area contributed by atoms with Crippen LogP contribution >= 0.6 is 0 Å². The van der Waals surface area contributed by atoms with Crippen molar-refractivity contribution in [3.63, 3.8) is 0 Å². The average molecular weight is 377 g/mol. The minimum atomic E-state index is 0.983. The molecular formula is C26H36N2. The van der Waals surface area contributed by atoms with E-state index in [0.29, 0.717) is 0 Å². The fourth-order valence-electron chi connectivity index (χ4n) is 3.12. The normalized spacial score (nSPS) is 12.5. The van der Waals surface area contributed by atoms with E-state index in [1.165, 1.54) is 22.3 Å². The quantitative estimate of drug-likeness (QED) is 0.394. The molecule has 0 aromatic heterocycles. The number of hydrogen-bond donors (Lipinski definition) is 0. The lowest BCUT2D eigenvalue weighted by Crippen LogP contribution is -2.14. The summed E-state index contributed by atoms with van der Waals surface area (Å²) in [4.78, 5) is 10.1. The highest BCUT2D eigenvalue weighted by Gasteiger charge is 2.11. The number of aryl methyl sites for hydroxylation is 4. The zero-order valence-corrected chi connectivity index (χ0v) is 18.6. The number of hydrogen-bond acceptors (Lipinski definition) is 2. The molecule has 0 aliphatic rings. The van der Waals surface area contributed by atoms with E-state index >= 15 is 0 Å². The van der Waals surface area contributed by atoms with Crippen molar-refractivity contribution in [1.29, 1.82) is 0 Å². The second-order valence-electron chi connectivity index (χ2n) is 7.86. The first-order chi connectivity index (χ1) is 13.4. The molecule has 0 saturated carbocycles. The third-order valence-electron chi connectivity index (χ3n) is 5.38. The lowest BCUT2D eigenvalue weighted by Gasteiger charge is -2.12. The van der Waals surface area contributed by atoms with Crippen LogP contribution < -0.4 is 0 Å². The van der Waals surface area contributed by atoms with Gasteiger partial charge in [-0.15, -0.1) is 0 Å². The summed E-state index contributed by atoms with van der Waals surface area (Å²) in [5.74, 6) is 0. The van der Waals surface area contributed by atoms with Gasteiger partial charge >= 0.3 is 0 Å². The summed E-state index contributed by atoms with van der Waals surface area (Å²) >= 11 is 0. The molecule has 150 valence electrons. The highest BCUT2D eigenvalue weighted by molar-refractivity contribution is 6.43. The zero-order chi connectivity index (χ0) is 20.5. The van der Waals surface area contributed by atoms with E-state index in [1.807, 2.05) is 0 Å². The van der Waals surface area contributed by atoms with Crippen molar-refractivity contribution < 1.29 is 0 Å². The standard InChI is InChI=1S/C26H36N2/c1-7-9-11-25(27-23-15-13-19(3)21(5)17-23)26(12-10-8-2)28-24-16-14-20(4)22(6)18-24/h13-18H,7-12H2,1-6H3. The molecule has 0 bridgehead atoms. The molecule has 2 heteroatoms. The van der Waals surface area contributed by atoms with Gasteiger partial charge in [0.1, 0.15) is 0 Å². The minimum Gasteiger partial charge on any atom is -0.252 e. The Kier molecular flexibility index (Phi) is 8.63. The van der Waals surface area contributed by atoms with Crippen LogP contribution in [0.5, 0.6) is 0 Å². The Hall–Kier alpha value is -2.22. The van der Waals surface area contributed by atoms with Crippen molar-refractivity contribution in [1.82, 2.24) is 0 Å². The second kappa shape index (κ2) is 10.9. The van der Waals surface area contributed by atoms with Crippen molar-refractivity contribution in [2.24, 2.45) is 9.98 Å². The summed E-state index contributed by atoms with van der Waals surface area (Å²) in [5.41, 5.74) is 9.58. The van der Waals surface area contributed by atoms with Gasteiger partial charge in [-0.1, -0.05) is 38.8 Å². The van der Waals surface area contributed by atoms with Crippen LogP contribution in [0.15, 0.2) is 46.4 Å². The summed E-state index contributed by atoms with van der Waals surface area (Å²) in [6.45, 7) is 13.1. The summed E-state index contributed by atoms with van der Waals surface area (Å²) in [6.07, 6.45) is 6.57. The largest absolute Gasteiger partial charge is 0.252 e. The van der Waals surface area contributed by atoms with Crippen LogP contribution in [0, 0.1) is 27.7 Å². The number of aliphatic imine (C=N–C) groups is 2. The molecule has 0 saturated heterocycles. The van der Waals surface area contributed by atoms with Crippen LogP contribution in [0.1, 0.15) is 74.6 Å². The second-order valence-corrected chi connectivity index (χ2v) is 7.86. The molecule has 0 amide bonds. The van der Waals surface area contributed by atoms with E-state index in [4.69, 9.17) is 9.98 Å². The molecule has 2 aromatic rings. The maximum absolute atomic E-state index is 5.07. The molecular weight excluding hydrogens is 340 g/mol.